The van der Waals surface area contributed by atoms with Gasteiger partial charge in [-0.25, -0.2) is 26.3 Å². The number of benzene rings is 2. The molecule has 1 fully saturated rings. The Morgan fingerprint density at radius 3 is 2.07 bits per heavy atom. The Kier molecular flexibility index (Phi) is 5.90. The summed E-state index contributed by atoms with van der Waals surface area (Å²) < 4.78 is 66.5. The fourth-order valence-corrected chi connectivity index (χ4v) is 4.05. The van der Waals surface area contributed by atoms with Crippen molar-refractivity contribution in [2.75, 3.05) is 37.6 Å². The zero-order valence-electron chi connectivity index (χ0n) is 14.7. The van der Waals surface area contributed by atoms with Crippen LogP contribution in [0, 0.1) is 17.5 Å². The molecule has 0 aliphatic carbocycles. The summed E-state index contributed by atoms with van der Waals surface area (Å²) in [7, 11) is -4.51. The minimum absolute atomic E-state index is 0.337. The lowest BCUT2D eigenvalue weighted by Gasteiger charge is -2.36. The van der Waals surface area contributed by atoms with Crippen molar-refractivity contribution in [3.05, 3.63) is 59.9 Å². The summed E-state index contributed by atoms with van der Waals surface area (Å²) >= 11 is 0. The van der Waals surface area contributed by atoms with E-state index in [1.165, 1.54) is 17.0 Å². The van der Waals surface area contributed by atoms with Crippen LogP contribution in [0.15, 0.2) is 47.4 Å². The van der Waals surface area contributed by atoms with Crippen molar-refractivity contribution in [2.45, 2.75) is 4.90 Å². The number of amides is 1. The summed E-state index contributed by atoms with van der Waals surface area (Å²) in [6.45, 7) is 1.06. The lowest BCUT2D eigenvalue weighted by molar-refractivity contribution is -0.130. The Morgan fingerprint density at radius 1 is 0.929 bits per heavy atom. The topological polar surface area (TPSA) is 69.7 Å². The lowest BCUT2D eigenvalue weighted by Crippen LogP contribution is -2.51. The molecule has 1 aliphatic rings. The molecule has 150 valence electrons. The highest BCUT2D eigenvalue weighted by molar-refractivity contribution is 7.89. The van der Waals surface area contributed by atoms with Gasteiger partial charge in [0.2, 0.25) is 15.9 Å². The van der Waals surface area contributed by atoms with Crippen LogP contribution in [0.4, 0.5) is 18.9 Å². The molecule has 0 bridgehead atoms. The number of sulfonamides is 1. The number of anilines is 1. The van der Waals surface area contributed by atoms with E-state index in [0.717, 1.165) is 23.9 Å². The van der Waals surface area contributed by atoms with E-state index < -0.39 is 39.0 Å². The van der Waals surface area contributed by atoms with E-state index >= 15 is 0 Å². The van der Waals surface area contributed by atoms with Gasteiger partial charge in [-0.3, -0.25) is 4.79 Å². The molecule has 0 spiro atoms. The van der Waals surface area contributed by atoms with Crippen molar-refractivity contribution < 1.29 is 26.4 Å². The molecule has 1 saturated heterocycles. The molecular weight excluding hydrogens is 395 g/mol. The molecule has 1 N–H and O–H groups in total. The number of nitrogens with one attached hydrogen (secondary N) is 1. The molecule has 1 aliphatic heterocycles. The molecule has 0 radical (unpaired) electrons. The number of halogens is 3. The normalized spacial score (nSPS) is 15.0. The second kappa shape index (κ2) is 8.19. The molecule has 3 rings (SSSR count). The highest BCUT2D eigenvalue weighted by Gasteiger charge is 2.26. The van der Waals surface area contributed by atoms with Crippen molar-refractivity contribution in [1.82, 2.24) is 9.62 Å². The Hall–Kier alpha value is -2.59. The van der Waals surface area contributed by atoms with Crippen LogP contribution in [0.5, 0.6) is 0 Å². The number of piperazine rings is 1. The molecule has 0 atom stereocenters. The fraction of sp³-hybridized carbons (Fsp3) is 0.278. The van der Waals surface area contributed by atoms with Gasteiger partial charge in [-0.15, -0.1) is 0 Å². The van der Waals surface area contributed by atoms with Gasteiger partial charge >= 0.3 is 0 Å². The maximum Gasteiger partial charge on any atom is 0.246 e. The first-order chi connectivity index (χ1) is 13.3. The van der Waals surface area contributed by atoms with Crippen LogP contribution in [0.1, 0.15) is 0 Å². The first-order valence-electron chi connectivity index (χ1n) is 8.50. The van der Waals surface area contributed by atoms with Gasteiger partial charge in [0.05, 0.1) is 6.54 Å². The maximum absolute atomic E-state index is 13.7. The third-order valence-corrected chi connectivity index (χ3v) is 5.88. The first kappa shape index (κ1) is 20.2. The average Bonchev–Trinajstić information content (AvgIpc) is 2.67. The predicted octanol–water partition coefficient (Wildman–Crippen LogP) is 1.73. The largest absolute Gasteiger partial charge is 0.368 e. The zero-order valence-corrected chi connectivity index (χ0v) is 15.6. The highest BCUT2D eigenvalue weighted by atomic mass is 32.2. The zero-order chi connectivity index (χ0) is 20.3. The summed E-state index contributed by atoms with van der Waals surface area (Å²) in [5.41, 5.74) is 0.823. The van der Waals surface area contributed by atoms with Gasteiger partial charge in [0.25, 0.3) is 0 Å². The van der Waals surface area contributed by atoms with Crippen LogP contribution in [-0.4, -0.2) is 51.9 Å². The molecule has 2 aromatic rings. The number of hydrogen-bond acceptors (Lipinski definition) is 4. The third kappa shape index (κ3) is 4.45. The Morgan fingerprint density at radius 2 is 1.50 bits per heavy atom. The van der Waals surface area contributed by atoms with Crippen molar-refractivity contribution in [3.8, 4) is 0 Å². The van der Waals surface area contributed by atoms with Crippen molar-refractivity contribution in [3.63, 3.8) is 0 Å². The third-order valence-electron chi connectivity index (χ3n) is 4.43. The van der Waals surface area contributed by atoms with Crippen LogP contribution >= 0.6 is 0 Å². The summed E-state index contributed by atoms with van der Waals surface area (Å²) in [6, 6.07) is 8.69. The van der Waals surface area contributed by atoms with Crippen molar-refractivity contribution in [2.24, 2.45) is 0 Å². The number of nitrogens with zero attached hydrogens (tertiary/aromatic N) is 2. The molecular formula is C18H18F3N3O3S. The van der Waals surface area contributed by atoms with E-state index in [1.807, 2.05) is 9.62 Å². The Labute approximate surface area is 160 Å². The molecule has 0 aromatic heterocycles. The fourth-order valence-electron chi connectivity index (χ4n) is 2.95. The van der Waals surface area contributed by atoms with Gasteiger partial charge in [-0.05, 0) is 36.4 Å². The van der Waals surface area contributed by atoms with E-state index in [1.54, 1.807) is 12.1 Å². The molecule has 1 heterocycles. The molecule has 1 amide bonds. The summed E-state index contributed by atoms with van der Waals surface area (Å²) in [6.07, 6.45) is 0. The summed E-state index contributed by atoms with van der Waals surface area (Å²) in [5.74, 6) is -3.30. The number of rotatable bonds is 5. The highest BCUT2D eigenvalue weighted by Crippen LogP contribution is 2.19. The Balaban J connectivity index is 1.57. The van der Waals surface area contributed by atoms with E-state index in [9.17, 15) is 26.4 Å². The summed E-state index contributed by atoms with van der Waals surface area (Å²) in [4.78, 5) is 14.6. The average molecular weight is 413 g/mol. The monoisotopic (exact) mass is 413 g/mol. The van der Waals surface area contributed by atoms with E-state index in [-0.39, 0.29) is 5.82 Å². The van der Waals surface area contributed by atoms with Gasteiger partial charge in [0.15, 0.2) is 4.90 Å². The van der Waals surface area contributed by atoms with Crippen molar-refractivity contribution >= 4 is 21.6 Å². The van der Waals surface area contributed by atoms with Crippen LogP contribution in [0.25, 0.3) is 0 Å². The second-order valence-corrected chi connectivity index (χ2v) is 7.92. The molecule has 6 nitrogen and oxygen atoms in total. The number of hydrogen-bond donors (Lipinski definition) is 1. The molecule has 28 heavy (non-hydrogen) atoms. The summed E-state index contributed by atoms with van der Waals surface area (Å²) in [5, 5.41) is 0. The van der Waals surface area contributed by atoms with E-state index in [2.05, 4.69) is 0 Å². The van der Waals surface area contributed by atoms with E-state index in [4.69, 9.17) is 0 Å². The molecule has 2 aromatic carbocycles. The Bertz CT molecular complexity index is 940. The SMILES string of the molecule is O=C(CNS(=O)(=O)c1c(F)cccc1F)N1CCN(c2ccc(F)cc2)CC1. The predicted molar refractivity (Wildman–Crippen MR) is 96.7 cm³/mol. The number of carbonyl (C=O) groups is 1. The minimum Gasteiger partial charge on any atom is -0.368 e. The number of carbonyl (C=O) groups excluding carboxylic acids is 1. The lowest BCUT2D eigenvalue weighted by atomic mass is 10.2. The van der Waals surface area contributed by atoms with Crippen LogP contribution in [0.3, 0.4) is 0 Å². The molecule has 0 unspecified atom stereocenters. The quantitative estimate of drug-likeness (QED) is 0.811. The molecule has 10 heteroatoms. The van der Waals surface area contributed by atoms with Crippen LogP contribution in [-0.2, 0) is 14.8 Å². The first-order valence-corrected chi connectivity index (χ1v) is 9.98. The van der Waals surface area contributed by atoms with E-state index in [0.29, 0.717) is 26.2 Å². The van der Waals surface area contributed by atoms with Crippen molar-refractivity contribution in [1.29, 1.82) is 0 Å². The molecule has 0 saturated carbocycles. The van der Waals surface area contributed by atoms with Gasteiger partial charge in [0.1, 0.15) is 17.5 Å². The minimum atomic E-state index is -4.51. The van der Waals surface area contributed by atoms with Crippen LogP contribution in [0.2, 0.25) is 0 Å². The second-order valence-electron chi connectivity index (χ2n) is 6.22. The van der Waals surface area contributed by atoms with Gasteiger partial charge in [0, 0.05) is 31.9 Å². The van der Waals surface area contributed by atoms with Gasteiger partial charge in [-0.1, -0.05) is 6.07 Å². The van der Waals surface area contributed by atoms with Gasteiger partial charge < -0.3 is 9.80 Å². The smallest absolute Gasteiger partial charge is 0.246 e. The standard InChI is InChI=1S/C18H18F3N3O3S/c19-13-4-6-14(7-5-13)23-8-10-24(11-9-23)17(25)12-22-28(26,27)18-15(20)2-1-3-16(18)21/h1-7,22H,8-12H2. The van der Waals surface area contributed by atoms with Gasteiger partial charge in [-0.2, -0.15) is 0 Å². The maximum atomic E-state index is 13.7. The van der Waals surface area contributed by atoms with Crippen LogP contribution < -0.4 is 9.62 Å².